The highest BCUT2D eigenvalue weighted by Gasteiger charge is 2.16. The van der Waals surface area contributed by atoms with Gasteiger partial charge in [-0.15, -0.1) is 11.3 Å². The van der Waals surface area contributed by atoms with Gasteiger partial charge in [-0.3, -0.25) is 0 Å². The molecule has 8 aromatic rings. The smallest absolute Gasteiger partial charge is 0.226 e. The highest BCUT2D eigenvalue weighted by molar-refractivity contribution is 7.22. The Labute approximate surface area is 263 Å². The molecule has 0 saturated heterocycles. The highest BCUT2D eigenvalue weighted by atomic mass is 35.5. The van der Waals surface area contributed by atoms with Crippen LogP contribution in [0.3, 0.4) is 0 Å². The molecule has 208 valence electrons. The van der Waals surface area contributed by atoms with Crippen LogP contribution in [0, 0.1) is 0 Å². The molecule has 6 aromatic carbocycles. The minimum absolute atomic E-state index is 0.156. The van der Waals surface area contributed by atoms with Gasteiger partial charge < -0.3 is 0 Å². The molecule has 2 aromatic heterocycles. The molecule has 44 heavy (non-hydrogen) atoms. The highest BCUT2D eigenvalue weighted by Crippen LogP contribution is 2.37. The lowest BCUT2D eigenvalue weighted by atomic mass is 9.97. The van der Waals surface area contributed by atoms with Crippen LogP contribution in [0.1, 0.15) is 0 Å². The Morgan fingerprint density at radius 2 is 1.02 bits per heavy atom. The van der Waals surface area contributed by atoms with Crippen molar-refractivity contribution in [1.82, 2.24) is 19.9 Å². The zero-order chi connectivity index (χ0) is 29.5. The Morgan fingerprint density at radius 3 is 1.80 bits per heavy atom. The number of hydrogen-bond acceptors (Lipinski definition) is 5. The predicted octanol–water partition coefficient (Wildman–Crippen LogP) is 10.6. The van der Waals surface area contributed by atoms with Crippen molar-refractivity contribution in [3.63, 3.8) is 0 Å². The second kappa shape index (κ2) is 11.1. The third kappa shape index (κ3) is 5.02. The number of fused-ring (bicyclic) bond motifs is 2. The van der Waals surface area contributed by atoms with Crippen LogP contribution in [-0.2, 0) is 0 Å². The van der Waals surface area contributed by atoms with Crippen LogP contribution in [0.15, 0.2) is 140 Å². The molecular weight excluding hydrogens is 580 g/mol. The molecule has 0 N–H and O–H groups in total. The van der Waals surface area contributed by atoms with Crippen LogP contribution < -0.4 is 0 Å². The van der Waals surface area contributed by atoms with E-state index < -0.39 is 0 Å². The first kappa shape index (κ1) is 26.4. The minimum atomic E-state index is 0.156. The Balaban J connectivity index is 1.15. The lowest BCUT2D eigenvalue weighted by Crippen LogP contribution is -1.97. The van der Waals surface area contributed by atoms with Crippen LogP contribution >= 0.6 is 22.9 Å². The summed E-state index contributed by atoms with van der Waals surface area (Å²) in [5.41, 5.74) is 8.50. The van der Waals surface area contributed by atoms with Gasteiger partial charge in [0.2, 0.25) is 5.28 Å². The van der Waals surface area contributed by atoms with Gasteiger partial charge >= 0.3 is 0 Å². The molecule has 0 saturated carbocycles. The summed E-state index contributed by atoms with van der Waals surface area (Å²) in [5.74, 6) is 1.06. The topological polar surface area (TPSA) is 51.6 Å². The molecule has 6 heteroatoms. The molecule has 0 aliphatic heterocycles. The number of rotatable bonds is 5. The number of halogens is 1. The second-order valence-electron chi connectivity index (χ2n) is 10.5. The van der Waals surface area contributed by atoms with Crippen molar-refractivity contribution in [2.45, 2.75) is 0 Å². The molecule has 2 heterocycles. The van der Waals surface area contributed by atoms with Crippen LogP contribution in [0.2, 0.25) is 5.28 Å². The Morgan fingerprint density at radius 1 is 0.432 bits per heavy atom. The van der Waals surface area contributed by atoms with Crippen molar-refractivity contribution < 1.29 is 0 Å². The molecule has 0 atom stereocenters. The summed E-state index contributed by atoms with van der Waals surface area (Å²) in [7, 11) is 0. The average molecular weight is 603 g/mol. The van der Waals surface area contributed by atoms with Crippen LogP contribution in [0.4, 0.5) is 0 Å². The van der Waals surface area contributed by atoms with Crippen LogP contribution in [0.25, 0.3) is 76.6 Å². The number of benzene rings is 6. The summed E-state index contributed by atoms with van der Waals surface area (Å²) in [6.45, 7) is 0. The normalized spacial score (nSPS) is 11.3. The van der Waals surface area contributed by atoms with E-state index in [1.807, 2.05) is 48.5 Å². The molecule has 4 nitrogen and oxygen atoms in total. The molecule has 0 unspecified atom stereocenters. The van der Waals surface area contributed by atoms with E-state index in [0.717, 1.165) is 42.7 Å². The van der Waals surface area contributed by atoms with Gasteiger partial charge in [-0.25, -0.2) is 9.97 Å². The fourth-order valence-corrected chi connectivity index (χ4v) is 6.74. The number of aromatic nitrogens is 4. The summed E-state index contributed by atoms with van der Waals surface area (Å²) in [6, 6.07) is 48.1. The largest absolute Gasteiger partial charge is 0.236 e. The first-order valence-corrected chi connectivity index (χ1v) is 15.4. The summed E-state index contributed by atoms with van der Waals surface area (Å²) >= 11 is 8.12. The van der Waals surface area contributed by atoms with Crippen LogP contribution in [0.5, 0.6) is 0 Å². The van der Waals surface area contributed by atoms with Crippen molar-refractivity contribution >= 4 is 43.9 Å². The van der Waals surface area contributed by atoms with Crippen molar-refractivity contribution in [3.05, 3.63) is 145 Å². The summed E-state index contributed by atoms with van der Waals surface area (Å²) < 4.78 is 1.02. The molecule has 8 rings (SSSR count). The van der Waals surface area contributed by atoms with Crippen molar-refractivity contribution in [1.29, 1.82) is 0 Å². The monoisotopic (exact) mass is 602 g/mol. The van der Waals surface area contributed by atoms with Gasteiger partial charge in [0, 0.05) is 16.7 Å². The van der Waals surface area contributed by atoms with Gasteiger partial charge in [-0.1, -0.05) is 109 Å². The van der Waals surface area contributed by atoms with Gasteiger partial charge in [0.15, 0.2) is 11.6 Å². The Hall–Kier alpha value is -5.23. The van der Waals surface area contributed by atoms with Gasteiger partial charge in [0.25, 0.3) is 0 Å². The van der Waals surface area contributed by atoms with E-state index in [0.29, 0.717) is 11.6 Å². The maximum Gasteiger partial charge on any atom is 0.226 e. The molecule has 0 aliphatic carbocycles. The van der Waals surface area contributed by atoms with Gasteiger partial charge in [0.05, 0.1) is 10.2 Å². The first-order valence-electron chi connectivity index (χ1n) is 14.2. The minimum Gasteiger partial charge on any atom is -0.236 e. The maximum absolute atomic E-state index is 6.49. The number of hydrogen-bond donors (Lipinski definition) is 0. The molecule has 0 radical (unpaired) electrons. The molecule has 0 spiro atoms. The predicted molar refractivity (Wildman–Crippen MR) is 183 cm³/mol. The standard InChI is InChI=1S/C38H23ClN4S/c39-38-42-35(41-36(43-38)32-15-8-16-33-34(32)44-37(40-33)25-11-5-2-6-12-25)31-20-19-29-22-28(17-18-30(29)23-31)27-14-7-13-26(21-27)24-9-3-1-4-10-24/h1-23H. The zero-order valence-corrected chi connectivity index (χ0v) is 24.9. The quantitative estimate of drug-likeness (QED) is 0.197. The van der Waals surface area contributed by atoms with E-state index in [4.69, 9.17) is 21.6 Å². The van der Waals surface area contributed by atoms with Gasteiger partial charge in [-0.05, 0) is 75.0 Å². The van der Waals surface area contributed by atoms with E-state index >= 15 is 0 Å². The molecular formula is C38H23ClN4S. The van der Waals surface area contributed by atoms with E-state index in [1.165, 1.54) is 22.3 Å². The Bertz CT molecular complexity index is 2300. The fraction of sp³-hybridized carbons (Fsp3) is 0. The SMILES string of the molecule is Clc1nc(-c2ccc3cc(-c4cccc(-c5ccccc5)c4)ccc3c2)nc(-c2cccc3nc(-c4ccccc4)sc23)n1. The lowest BCUT2D eigenvalue weighted by Gasteiger charge is -2.09. The van der Waals surface area contributed by atoms with E-state index in [2.05, 4.69) is 101 Å². The first-order chi connectivity index (χ1) is 21.7. The van der Waals surface area contributed by atoms with Crippen molar-refractivity contribution in [3.8, 4) is 55.6 Å². The third-order valence-electron chi connectivity index (χ3n) is 7.69. The number of nitrogens with zero attached hydrogens (tertiary/aromatic N) is 4. The zero-order valence-electron chi connectivity index (χ0n) is 23.4. The second-order valence-corrected chi connectivity index (χ2v) is 11.9. The maximum atomic E-state index is 6.49. The van der Waals surface area contributed by atoms with Crippen molar-refractivity contribution in [2.24, 2.45) is 0 Å². The van der Waals surface area contributed by atoms with Gasteiger partial charge in [0.1, 0.15) is 5.01 Å². The fourth-order valence-electron chi connectivity index (χ4n) is 5.50. The molecule has 0 fully saturated rings. The van der Waals surface area contributed by atoms with E-state index in [1.54, 1.807) is 11.3 Å². The molecule has 0 aliphatic rings. The summed E-state index contributed by atoms with van der Waals surface area (Å²) in [6.07, 6.45) is 0. The van der Waals surface area contributed by atoms with Crippen molar-refractivity contribution in [2.75, 3.05) is 0 Å². The summed E-state index contributed by atoms with van der Waals surface area (Å²) in [4.78, 5) is 18.8. The molecule has 0 bridgehead atoms. The third-order valence-corrected chi connectivity index (χ3v) is 9.01. The molecule has 0 amide bonds. The summed E-state index contributed by atoms with van der Waals surface area (Å²) in [5, 5.41) is 3.35. The lowest BCUT2D eigenvalue weighted by molar-refractivity contribution is 1.07. The van der Waals surface area contributed by atoms with E-state index in [9.17, 15) is 0 Å². The van der Waals surface area contributed by atoms with E-state index in [-0.39, 0.29) is 5.28 Å². The van der Waals surface area contributed by atoms with Gasteiger partial charge in [-0.2, -0.15) is 9.97 Å². The van der Waals surface area contributed by atoms with Crippen LogP contribution in [-0.4, -0.2) is 19.9 Å². The number of thiazole rings is 1. The Kier molecular flexibility index (Phi) is 6.67. The average Bonchev–Trinajstić information content (AvgIpc) is 3.53.